The van der Waals surface area contributed by atoms with Crippen LogP contribution in [0, 0.1) is 0 Å². The number of hydrogen-bond acceptors (Lipinski definition) is 3. The van der Waals surface area contributed by atoms with Crippen molar-refractivity contribution in [2.24, 2.45) is 0 Å². The first-order valence-electron chi connectivity index (χ1n) is 8.39. The highest BCUT2D eigenvalue weighted by atomic mass is 16.5. The molecule has 1 aliphatic carbocycles. The smallest absolute Gasteiger partial charge is 0.258 e. The molecule has 1 aliphatic heterocycles. The van der Waals surface area contributed by atoms with Crippen molar-refractivity contribution in [1.82, 2.24) is 4.90 Å². The summed E-state index contributed by atoms with van der Waals surface area (Å²) >= 11 is 0. The molecule has 1 amide bonds. The lowest BCUT2D eigenvalue weighted by Crippen LogP contribution is -2.54. The number of ether oxygens (including phenoxy) is 1. The van der Waals surface area contributed by atoms with Gasteiger partial charge in [0.2, 0.25) is 0 Å². The van der Waals surface area contributed by atoms with E-state index in [2.05, 4.69) is 0 Å². The van der Waals surface area contributed by atoms with Crippen LogP contribution < -0.4 is 0 Å². The Bertz CT molecular complexity index is 740. The molecule has 23 heavy (non-hydrogen) atoms. The lowest BCUT2D eigenvalue weighted by atomic mass is 9.89. The number of benzene rings is 2. The fourth-order valence-electron chi connectivity index (χ4n) is 3.93. The molecule has 2 aliphatic rings. The van der Waals surface area contributed by atoms with E-state index in [1.165, 1.54) is 6.42 Å². The molecule has 0 unspecified atom stereocenters. The molecule has 120 valence electrons. The first kappa shape index (κ1) is 14.5. The van der Waals surface area contributed by atoms with Crippen molar-refractivity contribution < 1.29 is 14.6 Å². The summed E-state index contributed by atoms with van der Waals surface area (Å²) in [6.45, 7) is 1.19. The van der Waals surface area contributed by atoms with Crippen LogP contribution in [0.25, 0.3) is 10.8 Å². The molecule has 2 atom stereocenters. The van der Waals surface area contributed by atoms with Gasteiger partial charge in [-0.25, -0.2) is 0 Å². The number of hydrogen-bond donors (Lipinski definition) is 1. The fraction of sp³-hybridized carbons (Fsp3) is 0.421. The summed E-state index contributed by atoms with van der Waals surface area (Å²) in [5.41, 5.74) is 0.398. The summed E-state index contributed by atoms with van der Waals surface area (Å²) in [7, 11) is 0. The number of aromatic hydroxyl groups is 1. The molecule has 1 saturated heterocycles. The third-order valence-corrected chi connectivity index (χ3v) is 5.12. The van der Waals surface area contributed by atoms with Crippen LogP contribution in [0.2, 0.25) is 0 Å². The predicted molar refractivity (Wildman–Crippen MR) is 88.6 cm³/mol. The van der Waals surface area contributed by atoms with E-state index in [4.69, 9.17) is 4.74 Å². The summed E-state index contributed by atoms with van der Waals surface area (Å²) in [6.07, 6.45) is 4.48. The molecule has 0 aromatic heterocycles. The van der Waals surface area contributed by atoms with Gasteiger partial charge in [-0.05, 0) is 24.3 Å². The highest BCUT2D eigenvalue weighted by Gasteiger charge is 2.37. The second kappa shape index (κ2) is 5.85. The average molecular weight is 311 g/mol. The predicted octanol–water partition coefficient (Wildman–Crippen LogP) is 3.33. The van der Waals surface area contributed by atoms with E-state index in [1.807, 2.05) is 35.2 Å². The largest absolute Gasteiger partial charge is 0.506 e. The molecule has 4 nitrogen and oxygen atoms in total. The van der Waals surface area contributed by atoms with Gasteiger partial charge in [-0.1, -0.05) is 43.2 Å². The minimum Gasteiger partial charge on any atom is -0.506 e. The Morgan fingerprint density at radius 2 is 1.96 bits per heavy atom. The number of nitrogens with zero attached hydrogens (tertiary/aromatic N) is 1. The number of fused-ring (bicyclic) bond motifs is 2. The lowest BCUT2D eigenvalue weighted by Gasteiger charge is -2.43. The summed E-state index contributed by atoms with van der Waals surface area (Å²) < 4.78 is 5.84. The van der Waals surface area contributed by atoms with Crippen LogP contribution in [-0.4, -0.2) is 41.2 Å². The molecule has 2 aromatic rings. The van der Waals surface area contributed by atoms with Crippen LogP contribution in [0.4, 0.5) is 0 Å². The van der Waals surface area contributed by atoms with Crippen molar-refractivity contribution in [3.63, 3.8) is 0 Å². The Kier molecular flexibility index (Phi) is 3.69. The van der Waals surface area contributed by atoms with Gasteiger partial charge in [0.05, 0.1) is 24.3 Å². The molecular weight excluding hydrogens is 290 g/mol. The number of phenols is 1. The zero-order valence-electron chi connectivity index (χ0n) is 13.1. The molecule has 4 heteroatoms. The van der Waals surface area contributed by atoms with Crippen LogP contribution in [0.1, 0.15) is 36.0 Å². The van der Waals surface area contributed by atoms with Crippen molar-refractivity contribution in [2.75, 3.05) is 13.2 Å². The Balaban J connectivity index is 1.69. The second-order valence-corrected chi connectivity index (χ2v) is 6.44. The summed E-state index contributed by atoms with van der Waals surface area (Å²) in [4.78, 5) is 14.9. The van der Waals surface area contributed by atoms with Gasteiger partial charge in [0.15, 0.2) is 0 Å². The van der Waals surface area contributed by atoms with Crippen LogP contribution >= 0.6 is 0 Å². The number of amides is 1. The average Bonchev–Trinajstić information content (AvgIpc) is 2.61. The van der Waals surface area contributed by atoms with Gasteiger partial charge in [-0.3, -0.25) is 4.79 Å². The van der Waals surface area contributed by atoms with Crippen molar-refractivity contribution in [3.05, 3.63) is 42.0 Å². The molecule has 2 fully saturated rings. The molecule has 4 rings (SSSR count). The maximum atomic E-state index is 13.0. The van der Waals surface area contributed by atoms with Gasteiger partial charge in [0, 0.05) is 11.9 Å². The van der Waals surface area contributed by atoms with Crippen molar-refractivity contribution in [3.8, 4) is 5.75 Å². The summed E-state index contributed by atoms with van der Waals surface area (Å²) in [6, 6.07) is 11.4. The fourth-order valence-corrected chi connectivity index (χ4v) is 3.93. The number of carbonyl (C=O) groups excluding carboxylic acids is 1. The van der Waals surface area contributed by atoms with Gasteiger partial charge in [-0.2, -0.15) is 0 Å². The first-order chi connectivity index (χ1) is 11.3. The Morgan fingerprint density at radius 1 is 1.13 bits per heavy atom. The van der Waals surface area contributed by atoms with E-state index in [-0.39, 0.29) is 23.8 Å². The molecule has 1 heterocycles. The van der Waals surface area contributed by atoms with Gasteiger partial charge in [0.1, 0.15) is 5.75 Å². The molecule has 1 saturated carbocycles. The Labute approximate surface area is 135 Å². The van der Waals surface area contributed by atoms with Crippen molar-refractivity contribution in [1.29, 1.82) is 0 Å². The van der Waals surface area contributed by atoms with Gasteiger partial charge >= 0.3 is 0 Å². The normalized spacial score (nSPS) is 24.4. The highest BCUT2D eigenvalue weighted by molar-refractivity contribution is 6.03. The number of morpholine rings is 1. The number of rotatable bonds is 1. The van der Waals surface area contributed by atoms with Gasteiger partial charge < -0.3 is 14.7 Å². The zero-order chi connectivity index (χ0) is 15.8. The number of carbonyl (C=O) groups is 1. The van der Waals surface area contributed by atoms with Crippen LogP contribution in [0.3, 0.4) is 0 Å². The quantitative estimate of drug-likeness (QED) is 0.879. The third-order valence-electron chi connectivity index (χ3n) is 5.12. The highest BCUT2D eigenvalue weighted by Crippen LogP contribution is 2.33. The Morgan fingerprint density at radius 3 is 2.87 bits per heavy atom. The van der Waals surface area contributed by atoms with E-state index in [9.17, 15) is 9.90 Å². The van der Waals surface area contributed by atoms with E-state index >= 15 is 0 Å². The maximum absolute atomic E-state index is 13.0. The third kappa shape index (κ3) is 2.47. The van der Waals surface area contributed by atoms with E-state index in [1.54, 1.807) is 6.07 Å². The monoisotopic (exact) mass is 311 g/mol. The minimum absolute atomic E-state index is 0.0755. The molecular formula is C19H21NO3. The SMILES string of the molecule is O=C(c1ccc2ccccc2c1O)N1CCO[C@@H]2CCCC[C@@H]21. The molecule has 2 aromatic carbocycles. The molecule has 0 radical (unpaired) electrons. The molecule has 0 spiro atoms. The van der Waals surface area contributed by atoms with E-state index in [0.717, 1.165) is 30.0 Å². The maximum Gasteiger partial charge on any atom is 0.258 e. The standard InChI is InChI=1S/C19H21NO3/c21-18-14-6-2-1-5-13(14)9-10-15(18)19(22)20-11-12-23-17-8-4-3-7-16(17)20/h1-2,5-6,9-10,16-17,21H,3-4,7-8,11-12H2/t16-,17+/m0/s1. The van der Waals surface area contributed by atoms with Gasteiger partial charge in [-0.15, -0.1) is 0 Å². The molecule has 0 bridgehead atoms. The number of phenolic OH excluding ortho intramolecular Hbond substituents is 1. The second-order valence-electron chi connectivity index (χ2n) is 6.44. The van der Waals surface area contributed by atoms with Crippen molar-refractivity contribution in [2.45, 2.75) is 37.8 Å². The van der Waals surface area contributed by atoms with E-state index < -0.39 is 0 Å². The Hall–Kier alpha value is -2.07. The van der Waals surface area contributed by atoms with Crippen molar-refractivity contribution >= 4 is 16.7 Å². The van der Waals surface area contributed by atoms with Gasteiger partial charge in [0.25, 0.3) is 5.91 Å². The van der Waals surface area contributed by atoms with Crippen LogP contribution in [-0.2, 0) is 4.74 Å². The molecule has 1 N–H and O–H groups in total. The van der Waals surface area contributed by atoms with Crippen LogP contribution in [0.5, 0.6) is 5.75 Å². The first-order valence-corrected chi connectivity index (χ1v) is 8.39. The lowest BCUT2D eigenvalue weighted by molar-refractivity contribution is -0.0753. The summed E-state index contributed by atoms with van der Waals surface area (Å²) in [5.74, 6) is 0.0143. The topological polar surface area (TPSA) is 49.8 Å². The summed E-state index contributed by atoms with van der Waals surface area (Å²) in [5, 5.41) is 12.2. The minimum atomic E-state index is -0.0755. The van der Waals surface area contributed by atoms with E-state index in [0.29, 0.717) is 18.7 Å². The van der Waals surface area contributed by atoms with Crippen LogP contribution in [0.15, 0.2) is 36.4 Å². The zero-order valence-corrected chi connectivity index (χ0v) is 13.1.